The van der Waals surface area contributed by atoms with Crippen molar-refractivity contribution in [3.05, 3.63) is 94.6 Å². The number of carbonyl (C=O) groups excluding carboxylic acids is 1. The van der Waals surface area contributed by atoms with Crippen molar-refractivity contribution in [1.29, 1.82) is 0 Å². The first-order valence-corrected chi connectivity index (χ1v) is 14.8. The summed E-state index contributed by atoms with van der Waals surface area (Å²) in [5.74, 6) is -0.136. The number of rotatable bonds is 6. The van der Waals surface area contributed by atoms with Crippen LogP contribution in [0.5, 0.6) is 0 Å². The Morgan fingerprint density at radius 2 is 1.74 bits per heavy atom. The quantitative estimate of drug-likeness (QED) is 0.301. The van der Waals surface area contributed by atoms with Crippen LogP contribution in [0.2, 0.25) is 5.02 Å². The van der Waals surface area contributed by atoms with E-state index in [4.69, 9.17) is 16.3 Å². The molecule has 200 valence electrons. The summed E-state index contributed by atoms with van der Waals surface area (Å²) in [6.45, 7) is 4.42. The van der Waals surface area contributed by atoms with Gasteiger partial charge >= 0.3 is 0 Å². The standard InChI is InChI=1S/C30H28ClN3O4S/c1-2-34-29-12-11-24(39(36,37)33-13-15-38-16-14-33)18-26(29)27(30(34)35)17-22-20-32(28-6-4-3-5-25(22)28)19-21-7-9-23(31)10-8-21/h3-12,17-18,20H,2,13-16,19H2,1H3/b27-17-. The SMILES string of the molecule is CCN1C(=O)/C(=C\c2cn(Cc3ccc(Cl)cc3)c3ccccc23)c2cc(S(=O)(=O)N3CCOCC3)ccc21. The Hall–Kier alpha value is -3.43. The van der Waals surface area contributed by atoms with Crippen LogP contribution in [0.4, 0.5) is 5.69 Å². The van der Waals surface area contributed by atoms with Gasteiger partial charge in [-0.1, -0.05) is 41.9 Å². The molecular weight excluding hydrogens is 534 g/mol. The van der Waals surface area contributed by atoms with Crippen LogP contribution in [0.1, 0.15) is 23.6 Å². The summed E-state index contributed by atoms with van der Waals surface area (Å²) in [4.78, 5) is 15.5. The second-order valence-electron chi connectivity index (χ2n) is 9.66. The minimum atomic E-state index is -3.71. The normalized spacial score (nSPS) is 17.3. The molecule has 6 rings (SSSR count). The van der Waals surface area contributed by atoms with E-state index in [0.717, 1.165) is 27.7 Å². The lowest BCUT2D eigenvalue weighted by Crippen LogP contribution is -2.40. The number of benzene rings is 3. The van der Waals surface area contributed by atoms with Gasteiger partial charge in [-0.3, -0.25) is 4.79 Å². The Balaban J connectivity index is 1.44. The lowest BCUT2D eigenvalue weighted by molar-refractivity contribution is -0.112. The summed E-state index contributed by atoms with van der Waals surface area (Å²) in [7, 11) is -3.71. The summed E-state index contributed by atoms with van der Waals surface area (Å²) in [5.41, 5.74) is 4.89. The number of sulfonamides is 1. The van der Waals surface area contributed by atoms with Crippen molar-refractivity contribution in [2.45, 2.75) is 18.4 Å². The third-order valence-electron chi connectivity index (χ3n) is 7.33. The van der Waals surface area contributed by atoms with Crippen LogP contribution in [0, 0.1) is 0 Å². The van der Waals surface area contributed by atoms with E-state index in [-0.39, 0.29) is 10.8 Å². The first kappa shape index (κ1) is 25.8. The van der Waals surface area contributed by atoms with Gasteiger partial charge in [0.25, 0.3) is 5.91 Å². The highest BCUT2D eigenvalue weighted by Crippen LogP contribution is 2.40. The minimum Gasteiger partial charge on any atom is -0.379 e. The molecule has 3 aromatic carbocycles. The summed E-state index contributed by atoms with van der Waals surface area (Å²) < 4.78 is 35.7. The van der Waals surface area contributed by atoms with Crippen LogP contribution in [0.25, 0.3) is 22.6 Å². The average molecular weight is 562 g/mol. The molecule has 4 aromatic rings. The highest BCUT2D eigenvalue weighted by atomic mass is 35.5. The number of carbonyl (C=O) groups is 1. The number of halogens is 1. The van der Waals surface area contributed by atoms with E-state index in [2.05, 4.69) is 10.6 Å². The predicted molar refractivity (Wildman–Crippen MR) is 154 cm³/mol. The lowest BCUT2D eigenvalue weighted by atomic mass is 10.0. The summed E-state index contributed by atoms with van der Waals surface area (Å²) >= 11 is 6.07. The van der Waals surface area contributed by atoms with E-state index in [1.54, 1.807) is 23.1 Å². The molecule has 0 atom stereocenters. The molecule has 0 unspecified atom stereocenters. The molecule has 1 aromatic heterocycles. The third kappa shape index (κ3) is 4.67. The van der Waals surface area contributed by atoms with Gasteiger partial charge in [-0.2, -0.15) is 4.31 Å². The van der Waals surface area contributed by atoms with E-state index in [1.807, 2.05) is 61.7 Å². The fourth-order valence-electron chi connectivity index (χ4n) is 5.35. The van der Waals surface area contributed by atoms with E-state index < -0.39 is 10.0 Å². The topological polar surface area (TPSA) is 71.9 Å². The van der Waals surface area contributed by atoms with Crippen LogP contribution in [0.15, 0.2) is 77.8 Å². The maximum atomic E-state index is 13.6. The monoisotopic (exact) mass is 561 g/mol. The van der Waals surface area contributed by atoms with Crippen molar-refractivity contribution in [2.75, 3.05) is 37.7 Å². The highest BCUT2D eigenvalue weighted by Gasteiger charge is 2.34. The number of aromatic nitrogens is 1. The number of hydrogen-bond acceptors (Lipinski definition) is 4. The number of ether oxygens (including phenoxy) is 1. The fourth-order valence-corrected chi connectivity index (χ4v) is 6.91. The first-order chi connectivity index (χ1) is 18.9. The molecule has 1 saturated heterocycles. The van der Waals surface area contributed by atoms with Gasteiger partial charge in [-0.05, 0) is 55.0 Å². The first-order valence-electron chi connectivity index (χ1n) is 12.9. The molecule has 0 saturated carbocycles. The molecule has 7 nitrogen and oxygen atoms in total. The number of hydrogen-bond donors (Lipinski definition) is 0. The minimum absolute atomic E-state index is 0.136. The van der Waals surface area contributed by atoms with E-state index in [9.17, 15) is 13.2 Å². The summed E-state index contributed by atoms with van der Waals surface area (Å²) in [5, 5.41) is 1.70. The van der Waals surface area contributed by atoms with Gasteiger partial charge in [0.15, 0.2) is 0 Å². The van der Waals surface area contributed by atoms with Crippen LogP contribution >= 0.6 is 11.6 Å². The van der Waals surface area contributed by atoms with Crippen molar-refractivity contribution in [3.8, 4) is 0 Å². The zero-order valence-electron chi connectivity index (χ0n) is 21.5. The van der Waals surface area contributed by atoms with Gasteiger partial charge in [0.1, 0.15) is 0 Å². The maximum Gasteiger partial charge on any atom is 0.258 e. The number of nitrogens with zero attached hydrogens (tertiary/aromatic N) is 3. The molecule has 2 aliphatic rings. The van der Waals surface area contributed by atoms with Crippen LogP contribution in [-0.2, 0) is 26.1 Å². The van der Waals surface area contributed by atoms with E-state index in [0.29, 0.717) is 55.6 Å². The fraction of sp³-hybridized carbons (Fsp3) is 0.233. The van der Waals surface area contributed by atoms with Gasteiger partial charge in [0.05, 0.1) is 23.8 Å². The number of para-hydroxylation sites is 1. The van der Waals surface area contributed by atoms with Gasteiger partial charge in [0, 0.05) is 65.0 Å². The second kappa shape index (κ2) is 10.3. The lowest BCUT2D eigenvalue weighted by Gasteiger charge is -2.26. The maximum absolute atomic E-state index is 13.6. The molecule has 1 amide bonds. The van der Waals surface area contributed by atoms with E-state index >= 15 is 0 Å². The van der Waals surface area contributed by atoms with Crippen LogP contribution in [0.3, 0.4) is 0 Å². The molecular formula is C30H28ClN3O4S. The molecule has 2 aliphatic heterocycles. The Kier molecular flexibility index (Phi) is 6.81. The largest absolute Gasteiger partial charge is 0.379 e. The molecule has 0 spiro atoms. The highest BCUT2D eigenvalue weighted by molar-refractivity contribution is 7.89. The molecule has 9 heteroatoms. The Bertz CT molecular complexity index is 1700. The number of amides is 1. The van der Waals surface area contributed by atoms with E-state index in [1.165, 1.54) is 4.31 Å². The molecule has 0 aliphatic carbocycles. The van der Waals surface area contributed by atoms with Crippen molar-refractivity contribution in [2.24, 2.45) is 0 Å². The Morgan fingerprint density at radius 3 is 2.49 bits per heavy atom. The van der Waals surface area contributed by atoms with Gasteiger partial charge in [-0.15, -0.1) is 0 Å². The number of likely N-dealkylation sites (N-methyl/N-ethyl adjacent to an activating group) is 1. The molecule has 39 heavy (non-hydrogen) atoms. The Morgan fingerprint density at radius 1 is 1.00 bits per heavy atom. The van der Waals surface area contributed by atoms with Crippen molar-refractivity contribution in [3.63, 3.8) is 0 Å². The molecule has 1 fully saturated rings. The number of fused-ring (bicyclic) bond motifs is 2. The van der Waals surface area contributed by atoms with Crippen molar-refractivity contribution in [1.82, 2.24) is 8.87 Å². The zero-order valence-corrected chi connectivity index (χ0v) is 23.1. The van der Waals surface area contributed by atoms with Gasteiger partial charge in [0.2, 0.25) is 10.0 Å². The second-order valence-corrected chi connectivity index (χ2v) is 12.0. The average Bonchev–Trinajstić information content (AvgIpc) is 3.44. The van der Waals surface area contributed by atoms with Crippen LogP contribution in [-0.4, -0.2) is 56.0 Å². The molecule has 0 N–H and O–H groups in total. The number of anilines is 1. The van der Waals surface area contributed by atoms with Crippen molar-refractivity contribution < 1.29 is 17.9 Å². The summed E-state index contributed by atoms with van der Waals surface area (Å²) in [6.07, 6.45) is 3.94. The third-order valence-corrected chi connectivity index (χ3v) is 9.48. The Labute approximate surface area is 232 Å². The zero-order chi connectivity index (χ0) is 27.1. The molecule has 0 bridgehead atoms. The predicted octanol–water partition coefficient (Wildman–Crippen LogP) is 5.27. The van der Waals surface area contributed by atoms with Crippen molar-refractivity contribution >= 4 is 55.8 Å². The molecule has 3 heterocycles. The summed E-state index contributed by atoms with van der Waals surface area (Å²) in [6, 6.07) is 20.8. The molecule has 0 radical (unpaired) electrons. The number of morpholine rings is 1. The van der Waals surface area contributed by atoms with Crippen LogP contribution < -0.4 is 4.90 Å². The smallest absolute Gasteiger partial charge is 0.258 e. The van der Waals surface area contributed by atoms with Gasteiger partial charge in [-0.25, -0.2) is 8.42 Å². The van der Waals surface area contributed by atoms with Gasteiger partial charge < -0.3 is 14.2 Å².